The summed E-state index contributed by atoms with van der Waals surface area (Å²) in [5, 5.41) is 17.4. The molecule has 0 radical (unpaired) electrons. The smallest absolute Gasteiger partial charge is 0.136 e. The molecule has 0 aromatic heterocycles. The first-order valence-corrected chi connectivity index (χ1v) is 8.96. The standard InChI is InChI=1S/C21H25FN2O/c1-11-10-15(14-7-5-6-13-8-9-23-19(13)14)17(22)16-12(2)20(25)21(3,4)24-18(11)16/h5-7,10,12,20,23-25H,8-9H2,1-4H3/t12-,20+/m1/s1. The number of para-hydroxylation sites is 1. The van der Waals surface area contributed by atoms with Crippen LogP contribution >= 0.6 is 0 Å². The Hall–Kier alpha value is -2.07. The molecule has 3 N–H and O–H groups in total. The molecule has 3 nitrogen and oxygen atoms in total. The highest BCUT2D eigenvalue weighted by molar-refractivity contribution is 5.84. The van der Waals surface area contributed by atoms with Crippen molar-refractivity contribution in [2.75, 3.05) is 17.2 Å². The van der Waals surface area contributed by atoms with Crippen LogP contribution in [-0.4, -0.2) is 23.3 Å². The first-order valence-electron chi connectivity index (χ1n) is 8.96. The monoisotopic (exact) mass is 340 g/mol. The van der Waals surface area contributed by atoms with Crippen molar-refractivity contribution >= 4 is 11.4 Å². The van der Waals surface area contributed by atoms with E-state index in [1.165, 1.54) is 5.56 Å². The lowest BCUT2D eigenvalue weighted by molar-refractivity contribution is 0.0855. The highest BCUT2D eigenvalue weighted by Crippen LogP contribution is 2.46. The minimum absolute atomic E-state index is 0.225. The minimum Gasteiger partial charge on any atom is -0.390 e. The van der Waals surface area contributed by atoms with Gasteiger partial charge in [-0.3, -0.25) is 0 Å². The zero-order chi connectivity index (χ0) is 17.9. The number of anilines is 2. The lowest BCUT2D eigenvalue weighted by Crippen LogP contribution is -2.50. The zero-order valence-corrected chi connectivity index (χ0v) is 15.2. The van der Waals surface area contributed by atoms with E-state index in [4.69, 9.17) is 0 Å². The molecular formula is C21H25FN2O. The van der Waals surface area contributed by atoms with Crippen molar-refractivity contribution in [1.29, 1.82) is 0 Å². The van der Waals surface area contributed by atoms with Crippen molar-refractivity contribution in [1.82, 2.24) is 0 Å². The highest BCUT2D eigenvalue weighted by atomic mass is 19.1. The van der Waals surface area contributed by atoms with Gasteiger partial charge in [0.2, 0.25) is 0 Å². The van der Waals surface area contributed by atoms with Crippen LogP contribution in [0, 0.1) is 12.7 Å². The molecule has 2 aromatic rings. The normalized spacial score (nSPS) is 23.4. The Morgan fingerprint density at radius 2 is 1.96 bits per heavy atom. The number of aliphatic hydroxyl groups is 1. The fourth-order valence-corrected chi connectivity index (χ4v) is 4.35. The molecule has 0 fully saturated rings. The molecule has 0 amide bonds. The summed E-state index contributed by atoms with van der Waals surface area (Å²) in [6, 6.07) is 7.99. The van der Waals surface area contributed by atoms with Crippen LogP contribution in [0.4, 0.5) is 15.8 Å². The summed E-state index contributed by atoms with van der Waals surface area (Å²) >= 11 is 0. The number of benzene rings is 2. The van der Waals surface area contributed by atoms with Gasteiger partial charge in [-0.25, -0.2) is 4.39 Å². The van der Waals surface area contributed by atoms with Gasteiger partial charge in [0.15, 0.2) is 0 Å². The molecule has 0 aliphatic carbocycles. The second-order valence-electron chi connectivity index (χ2n) is 7.94. The number of hydrogen-bond acceptors (Lipinski definition) is 3. The maximum atomic E-state index is 15.6. The average molecular weight is 340 g/mol. The summed E-state index contributed by atoms with van der Waals surface area (Å²) in [5.41, 5.74) is 5.74. The lowest BCUT2D eigenvalue weighted by Gasteiger charge is -2.43. The number of aliphatic hydroxyl groups excluding tert-OH is 1. The Balaban J connectivity index is 1.94. The van der Waals surface area contributed by atoms with Gasteiger partial charge in [0.05, 0.1) is 11.6 Å². The van der Waals surface area contributed by atoms with E-state index in [1.807, 2.05) is 45.9 Å². The zero-order valence-electron chi connectivity index (χ0n) is 15.2. The molecule has 2 aliphatic heterocycles. The van der Waals surface area contributed by atoms with Crippen LogP contribution in [0.3, 0.4) is 0 Å². The van der Waals surface area contributed by atoms with Gasteiger partial charge in [-0.1, -0.05) is 25.1 Å². The Labute approximate surface area is 148 Å². The van der Waals surface area contributed by atoms with Gasteiger partial charge < -0.3 is 15.7 Å². The van der Waals surface area contributed by atoms with E-state index in [0.717, 1.165) is 35.5 Å². The van der Waals surface area contributed by atoms with Crippen molar-refractivity contribution in [2.45, 2.75) is 51.7 Å². The van der Waals surface area contributed by atoms with Gasteiger partial charge in [-0.2, -0.15) is 0 Å². The molecule has 4 heteroatoms. The van der Waals surface area contributed by atoms with Gasteiger partial charge in [0.25, 0.3) is 0 Å². The van der Waals surface area contributed by atoms with Crippen molar-refractivity contribution < 1.29 is 9.50 Å². The van der Waals surface area contributed by atoms with Crippen LogP contribution in [0.15, 0.2) is 24.3 Å². The quantitative estimate of drug-likeness (QED) is 0.719. The fraction of sp³-hybridized carbons (Fsp3) is 0.429. The van der Waals surface area contributed by atoms with Crippen molar-refractivity contribution in [3.8, 4) is 11.1 Å². The molecule has 2 aliphatic rings. The summed E-state index contributed by atoms with van der Waals surface area (Å²) in [6.45, 7) is 8.72. The third kappa shape index (κ3) is 2.35. The van der Waals surface area contributed by atoms with Gasteiger partial charge in [-0.05, 0) is 44.4 Å². The Bertz CT molecular complexity index is 859. The van der Waals surface area contributed by atoms with Crippen molar-refractivity contribution in [3.05, 3.63) is 46.8 Å². The summed E-state index contributed by atoms with van der Waals surface area (Å²) in [6.07, 6.45) is 0.323. The lowest BCUT2D eigenvalue weighted by atomic mass is 9.77. The van der Waals surface area contributed by atoms with Crippen LogP contribution in [0.1, 0.15) is 43.4 Å². The molecule has 0 unspecified atom stereocenters. The molecular weight excluding hydrogens is 315 g/mol. The minimum atomic E-state index is -0.649. The summed E-state index contributed by atoms with van der Waals surface area (Å²) in [5.74, 6) is -0.494. The van der Waals surface area contributed by atoms with Crippen LogP contribution in [0.25, 0.3) is 11.1 Å². The number of rotatable bonds is 1. The predicted molar refractivity (Wildman–Crippen MR) is 101 cm³/mol. The number of halogens is 1. The van der Waals surface area contributed by atoms with E-state index < -0.39 is 11.6 Å². The second-order valence-corrected chi connectivity index (χ2v) is 7.94. The number of hydrogen-bond donors (Lipinski definition) is 3. The van der Waals surface area contributed by atoms with Crippen LogP contribution < -0.4 is 10.6 Å². The van der Waals surface area contributed by atoms with Gasteiger partial charge >= 0.3 is 0 Å². The third-order valence-corrected chi connectivity index (χ3v) is 5.75. The van der Waals surface area contributed by atoms with E-state index >= 15 is 4.39 Å². The summed E-state index contributed by atoms with van der Waals surface area (Å²) < 4.78 is 15.6. The molecule has 2 aromatic carbocycles. The molecule has 0 bridgehead atoms. The van der Waals surface area contributed by atoms with Crippen LogP contribution in [0.5, 0.6) is 0 Å². The van der Waals surface area contributed by atoms with Crippen LogP contribution in [-0.2, 0) is 6.42 Å². The van der Waals surface area contributed by atoms with Crippen LogP contribution in [0.2, 0.25) is 0 Å². The van der Waals surface area contributed by atoms with E-state index in [1.54, 1.807) is 0 Å². The molecule has 0 spiro atoms. The molecule has 2 atom stereocenters. The van der Waals surface area contributed by atoms with Gasteiger partial charge in [-0.15, -0.1) is 0 Å². The van der Waals surface area contributed by atoms with Crippen molar-refractivity contribution in [2.24, 2.45) is 0 Å². The number of fused-ring (bicyclic) bond motifs is 2. The third-order valence-electron chi connectivity index (χ3n) is 5.75. The topological polar surface area (TPSA) is 44.3 Å². The average Bonchev–Trinajstić information content (AvgIpc) is 3.04. The maximum absolute atomic E-state index is 15.6. The summed E-state index contributed by atoms with van der Waals surface area (Å²) in [4.78, 5) is 0. The number of aryl methyl sites for hydroxylation is 1. The van der Waals surface area contributed by atoms with E-state index in [-0.39, 0.29) is 11.7 Å². The largest absolute Gasteiger partial charge is 0.390 e. The summed E-state index contributed by atoms with van der Waals surface area (Å²) in [7, 11) is 0. The predicted octanol–water partition coefficient (Wildman–Crippen LogP) is 4.44. The Kier molecular flexibility index (Phi) is 3.58. The molecule has 4 rings (SSSR count). The number of nitrogens with one attached hydrogen (secondary N) is 2. The molecule has 0 saturated carbocycles. The van der Waals surface area contributed by atoms with Crippen molar-refractivity contribution in [3.63, 3.8) is 0 Å². The SMILES string of the molecule is Cc1cc(-c2cccc3c2NCC3)c(F)c2c1NC(C)(C)[C@@H](O)[C@@H]2C. The second kappa shape index (κ2) is 5.46. The van der Waals surface area contributed by atoms with Gasteiger partial charge in [0, 0.05) is 40.5 Å². The molecule has 132 valence electrons. The van der Waals surface area contributed by atoms with E-state index in [2.05, 4.69) is 16.7 Å². The van der Waals surface area contributed by atoms with E-state index in [9.17, 15) is 5.11 Å². The maximum Gasteiger partial charge on any atom is 0.136 e. The first-order chi connectivity index (χ1) is 11.8. The highest BCUT2D eigenvalue weighted by Gasteiger charge is 2.41. The fourth-order valence-electron chi connectivity index (χ4n) is 4.35. The molecule has 0 saturated heterocycles. The Morgan fingerprint density at radius 3 is 2.72 bits per heavy atom. The Morgan fingerprint density at radius 1 is 1.20 bits per heavy atom. The molecule has 2 heterocycles. The molecule has 25 heavy (non-hydrogen) atoms. The van der Waals surface area contributed by atoms with Gasteiger partial charge in [0.1, 0.15) is 5.82 Å². The first kappa shape index (κ1) is 16.4. The van der Waals surface area contributed by atoms with E-state index in [0.29, 0.717) is 11.1 Å².